The van der Waals surface area contributed by atoms with Crippen molar-refractivity contribution in [1.82, 2.24) is 0 Å². The first kappa shape index (κ1) is 14.6. The summed E-state index contributed by atoms with van der Waals surface area (Å²) in [5.41, 5.74) is 2.35. The van der Waals surface area contributed by atoms with E-state index in [4.69, 9.17) is 11.6 Å². The number of amides is 1. The van der Waals surface area contributed by atoms with Gasteiger partial charge in [0.05, 0.1) is 0 Å². The van der Waals surface area contributed by atoms with Gasteiger partial charge in [-0.2, -0.15) is 0 Å². The van der Waals surface area contributed by atoms with Gasteiger partial charge in [-0.3, -0.25) is 4.79 Å². The average Bonchev–Trinajstić information content (AvgIpc) is 2.38. The van der Waals surface area contributed by atoms with Gasteiger partial charge >= 0.3 is 0 Å². The largest absolute Gasteiger partial charge is 0.322 e. The van der Waals surface area contributed by atoms with Gasteiger partial charge in [-0.15, -0.1) is 11.6 Å². The fourth-order valence-electron chi connectivity index (χ4n) is 1.57. The van der Waals surface area contributed by atoms with Crippen molar-refractivity contribution in [3.63, 3.8) is 0 Å². The first-order valence-corrected chi connectivity index (χ1v) is 7.63. The predicted octanol–water partition coefficient (Wildman–Crippen LogP) is 5.20. The fourth-order valence-corrected chi connectivity index (χ4v) is 3.04. The van der Waals surface area contributed by atoms with Crippen molar-refractivity contribution >= 4 is 55.1 Å². The minimum Gasteiger partial charge on any atom is -0.322 e. The average molecular weight is 404 g/mol. The van der Waals surface area contributed by atoms with Crippen molar-refractivity contribution in [2.45, 2.75) is 5.88 Å². The molecule has 0 fully saturated rings. The number of hydrogen-bond donors (Lipinski definition) is 1. The summed E-state index contributed by atoms with van der Waals surface area (Å²) < 4.78 is 1.70. The quantitative estimate of drug-likeness (QED) is 0.701. The topological polar surface area (TPSA) is 29.1 Å². The van der Waals surface area contributed by atoms with E-state index in [-0.39, 0.29) is 5.91 Å². The molecule has 0 atom stereocenters. The Hall–Kier alpha value is -0.840. The van der Waals surface area contributed by atoms with Crippen LogP contribution < -0.4 is 5.32 Å². The van der Waals surface area contributed by atoms with Crippen molar-refractivity contribution in [2.75, 3.05) is 5.32 Å². The van der Waals surface area contributed by atoms with E-state index in [0.717, 1.165) is 20.2 Å². The zero-order valence-corrected chi connectivity index (χ0v) is 13.7. The number of benzene rings is 2. The maximum Gasteiger partial charge on any atom is 0.255 e. The van der Waals surface area contributed by atoms with Crippen LogP contribution in [0.3, 0.4) is 0 Å². The zero-order valence-electron chi connectivity index (χ0n) is 9.79. The van der Waals surface area contributed by atoms with Crippen LogP contribution in [-0.4, -0.2) is 5.91 Å². The molecule has 19 heavy (non-hydrogen) atoms. The molecular formula is C14H10Br2ClNO. The van der Waals surface area contributed by atoms with E-state index in [1.165, 1.54) is 0 Å². The van der Waals surface area contributed by atoms with Crippen LogP contribution in [0.5, 0.6) is 0 Å². The van der Waals surface area contributed by atoms with Gasteiger partial charge in [0, 0.05) is 26.1 Å². The Morgan fingerprint density at radius 2 is 1.63 bits per heavy atom. The molecule has 0 aliphatic heterocycles. The highest BCUT2D eigenvalue weighted by Gasteiger charge is 2.08. The minimum atomic E-state index is -0.152. The normalized spacial score (nSPS) is 10.3. The minimum absolute atomic E-state index is 0.152. The van der Waals surface area contributed by atoms with E-state index >= 15 is 0 Å². The number of carbonyl (C=O) groups excluding carboxylic acids is 1. The molecule has 1 N–H and O–H groups in total. The maximum atomic E-state index is 12.1. The standard InChI is InChI=1S/C14H10Br2ClNO/c15-11-5-10(6-12(16)7-11)14(19)18-13-3-1-9(8-17)2-4-13/h1-7H,8H2,(H,18,19). The SMILES string of the molecule is O=C(Nc1ccc(CCl)cc1)c1cc(Br)cc(Br)c1. The molecular weight excluding hydrogens is 393 g/mol. The second kappa shape index (κ2) is 6.55. The van der Waals surface area contributed by atoms with Gasteiger partial charge in [0.1, 0.15) is 0 Å². The smallest absolute Gasteiger partial charge is 0.255 e. The van der Waals surface area contributed by atoms with Crippen LogP contribution in [0.2, 0.25) is 0 Å². The van der Waals surface area contributed by atoms with Gasteiger partial charge in [-0.1, -0.05) is 44.0 Å². The Bertz CT molecular complexity index is 579. The lowest BCUT2D eigenvalue weighted by Gasteiger charge is -2.07. The zero-order chi connectivity index (χ0) is 13.8. The summed E-state index contributed by atoms with van der Waals surface area (Å²) in [5, 5.41) is 2.84. The summed E-state index contributed by atoms with van der Waals surface area (Å²) in [7, 11) is 0. The molecule has 2 aromatic rings. The van der Waals surface area contributed by atoms with E-state index in [1.54, 1.807) is 12.1 Å². The molecule has 2 aromatic carbocycles. The van der Waals surface area contributed by atoms with Gasteiger partial charge in [0.15, 0.2) is 0 Å². The molecule has 0 spiro atoms. The van der Waals surface area contributed by atoms with Crippen LogP contribution in [0.25, 0.3) is 0 Å². The molecule has 0 unspecified atom stereocenters. The van der Waals surface area contributed by atoms with Crippen molar-refractivity contribution in [2.24, 2.45) is 0 Å². The summed E-state index contributed by atoms with van der Waals surface area (Å²) >= 11 is 12.4. The monoisotopic (exact) mass is 401 g/mol. The number of carbonyl (C=O) groups is 1. The third kappa shape index (κ3) is 4.06. The second-order valence-electron chi connectivity index (χ2n) is 3.94. The summed E-state index contributed by atoms with van der Waals surface area (Å²) in [6.45, 7) is 0. The highest BCUT2D eigenvalue weighted by molar-refractivity contribution is 9.11. The number of rotatable bonds is 3. The molecule has 0 saturated heterocycles. The number of hydrogen-bond acceptors (Lipinski definition) is 1. The molecule has 1 amide bonds. The molecule has 98 valence electrons. The Kier molecular flexibility index (Phi) is 5.02. The van der Waals surface area contributed by atoms with E-state index in [0.29, 0.717) is 11.4 Å². The van der Waals surface area contributed by atoms with E-state index in [2.05, 4.69) is 37.2 Å². The lowest BCUT2D eigenvalue weighted by molar-refractivity contribution is 0.102. The molecule has 5 heteroatoms. The van der Waals surface area contributed by atoms with Crippen molar-refractivity contribution in [3.8, 4) is 0 Å². The molecule has 0 saturated carbocycles. The number of alkyl halides is 1. The lowest BCUT2D eigenvalue weighted by Crippen LogP contribution is -2.11. The van der Waals surface area contributed by atoms with Crippen molar-refractivity contribution < 1.29 is 4.79 Å². The fraction of sp³-hybridized carbons (Fsp3) is 0.0714. The van der Waals surface area contributed by atoms with Crippen LogP contribution in [0, 0.1) is 0 Å². The maximum absolute atomic E-state index is 12.1. The molecule has 0 bridgehead atoms. The van der Waals surface area contributed by atoms with Crippen LogP contribution in [-0.2, 0) is 5.88 Å². The van der Waals surface area contributed by atoms with Crippen LogP contribution in [0.15, 0.2) is 51.4 Å². The number of nitrogens with one attached hydrogen (secondary N) is 1. The van der Waals surface area contributed by atoms with Crippen LogP contribution >= 0.6 is 43.5 Å². The molecule has 2 rings (SSSR count). The predicted molar refractivity (Wildman–Crippen MR) is 85.8 cm³/mol. The van der Waals surface area contributed by atoms with Crippen molar-refractivity contribution in [3.05, 3.63) is 62.5 Å². The van der Waals surface area contributed by atoms with Gasteiger partial charge in [-0.25, -0.2) is 0 Å². The van der Waals surface area contributed by atoms with E-state index < -0.39 is 0 Å². The number of halogens is 3. The molecule has 0 radical (unpaired) electrons. The summed E-state index contributed by atoms with van der Waals surface area (Å²) in [6, 6.07) is 12.9. The van der Waals surface area contributed by atoms with Gasteiger partial charge in [-0.05, 0) is 35.9 Å². The third-order valence-corrected chi connectivity index (χ3v) is 3.72. The van der Waals surface area contributed by atoms with Gasteiger partial charge in [0.2, 0.25) is 0 Å². The lowest BCUT2D eigenvalue weighted by atomic mass is 10.2. The van der Waals surface area contributed by atoms with Crippen LogP contribution in [0.1, 0.15) is 15.9 Å². The Morgan fingerprint density at radius 3 is 2.16 bits per heavy atom. The molecule has 0 aliphatic rings. The van der Waals surface area contributed by atoms with E-state index in [9.17, 15) is 4.79 Å². The third-order valence-electron chi connectivity index (χ3n) is 2.49. The first-order chi connectivity index (χ1) is 9.08. The molecule has 0 aromatic heterocycles. The van der Waals surface area contributed by atoms with Crippen molar-refractivity contribution in [1.29, 1.82) is 0 Å². The Balaban J connectivity index is 2.15. The molecule has 2 nitrogen and oxygen atoms in total. The van der Waals surface area contributed by atoms with Gasteiger partial charge < -0.3 is 5.32 Å². The molecule has 0 heterocycles. The summed E-state index contributed by atoms with van der Waals surface area (Å²) in [6.07, 6.45) is 0. The summed E-state index contributed by atoms with van der Waals surface area (Å²) in [5.74, 6) is 0.313. The number of anilines is 1. The van der Waals surface area contributed by atoms with Gasteiger partial charge in [0.25, 0.3) is 5.91 Å². The highest BCUT2D eigenvalue weighted by atomic mass is 79.9. The first-order valence-electron chi connectivity index (χ1n) is 5.51. The second-order valence-corrected chi connectivity index (χ2v) is 6.04. The van der Waals surface area contributed by atoms with E-state index in [1.807, 2.05) is 30.3 Å². The summed E-state index contributed by atoms with van der Waals surface area (Å²) in [4.78, 5) is 12.1. The Morgan fingerprint density at radius 1 is 1.05 bits per heavy atom. The molecule has 0 aliphatic carbocycles. The van der Waals surface area contributed by atoms with Crippen LogP contribution in [0.4, 0.5) is 5.69 Å². The Labute approximate surface area is 133 Å². The highest BCUT2D eigenvalue weighted by Crippen LogP contribution is 2.21.